The van der Waals surface area contributed by atoms with Gasteiger partial charge in [-0.25, -0.2) is 9.78 Å². The first kappa shape index (κ1) is 15.9. The molecule has 1 aromatic heterocycles. The van der Waals surface area contributed by atoms with Gasteiger partial charge in [-0.3, -0.25) is 9.78 Å². The third kappa shape index (κ3) is 3.51. The molecule has 1 atom stereocenters. The molecule has 124 valence electrons. The Morgan fingerprint density at radius 3 is 2.88 bits per heavy atom. The van der Waals surface area contributed by atoms with Crippen molar-refractivity contribution in [2.45, 2.75) is 25.3 Å². The second-order valence-electron chi connectivity index (χ2n) is 5.52. The molecule has 1 unspecified atom stereocenters. The number of amides is 1. The first-order valence-corrected chi connectivity index (χ1v) is 7.73. The van der Waals surface area contributed by atoms with Crippen molar-refractivity contribution < 1.29 is 19.4 Å². The standard InChI is InChI=1S/C17H17N3O4/c21-16(20-9-2-1-6-14(20)17(22)23)12-4-3-5-13(10-12)24-15-11-18-7-8-19-15/h3-5,7-8,10-11,14H,1-2,6,9H2,(H,22,23). The number of carbonyl (C=O) groups is 2. The van der Waals surface area contributed by atoms with Gasteiger partial charge >= 0.3 is 5.97 Å². The normalized spacial score (nSPS) is 17.3. The first-order valence-electron chi connectivity index (χ1n) is 7.73. The molecule has 1 saturated heterocycles. The smallest absolute Gasteiger partial charge is 0.326 e. The van der Waals surface area contributed by atoms with Crippen LogP contribution >= 0.6 is 0 Å². The van der Waals surface area contributed by atoms with Crippen molar-refractivity contribution in [1.29, 1.82) is 0 Å². The summed E-state index contributed by atoms with van der Waals surface area (Å²) < 4.78 is 5.57. The van der Waals surface area contributed by atoms with E-state index in [1.165, 1.54) is 23.5 Å². The number of piperidine rings is 1. The highest BCUT2D eigenvalue weighted by Crippen LogP contribution is 2.23. The highest BCUT2D eigenvalue weighted by Gasteiger charge is 2.32. The number of hydrogen-bond acceptors (Lipinski definition) is 5. The van der Waals surface area contributed by atoms with Crippen LogP contribution in [0.25, 0.3) is 0 Å². The molecule has 2 heterocycles. The lowest BCUT2D eigenvalue weighted by Crippen LogP contribution is -2.47. The molecule has 1 amide bonds. The second-order valence-corrected chi connectivity index (χ2v) is 5.52. The third-order valence-electron chi connectivity index (χ3n) is 3.89. The van der Waals surface area contributed by atoms with Gasteiger partial charge in [-0.1, -0.05) is 6.07 Å². The van der Waals surface area contributed by atoms with E-state index in [1.54, 1.807) is 24.3 Å². The highest BCUT2D eigenvalue weighted by atomic mass is 16.5. The lowest BCUT2D eigenvalue weighted by molar-refractivity contribution is -0.143. The number of rotatable bonds is 4. The number of carboxylic acid groups (broad SMARTS) is 1. The van der Waals surface area contributed by atoms with Gasteiger partial charge in [0.25, 0.3) is 5.91 Å². The average Bonchev–Trinajstić information content (AvgIpc) is 2.62. The van der Waals surface area contributed by atoms with Gasteiger partial charge in [0, 0.05) is 24.5 Å². The third-order valence-corrected chi connectivity index (χ3v) is 3.89. The molecule has 0 bridgehead atoms. The van der Waals surface area contributed by atoms with Gasteiger partial charge in [-0.15, -0.1) is 0 Å². The average molecular weight is 327 g/mol. The van der Waals surface area contributed by atoms with E-state index < -0.39 is 12.0 Å². The van der Waals surface area contributed by atoms with Crippen molar-refractivity contribution in [3.05, 3.63) is 48.4 Å². The van der Waals surface area contributed by atoms with E-state index in [1.807, 2.05) is 0 Å². The quantitative estimate of drug-likeness (QED) is 0.926. The van der Waals surface area contributed by atoms with Gasteiger partial charge in [-0.2, -0.15) is 0 Å². The van der Waals surface area contributed by atoms with Crippen LogP contribution in [0, 0.1) is 0 Å². The lowest BCUT2D eigenvalue weighted by atomic mass is 10.0. The zero-order valence-corrected chi connectivity index (χ0v) is 13.0. The summed E-state index contributed by atoms with van der Waals surface area (Å²) in [5.41, 5.74) is 0.393. The number of aromatic nitrogens is 2. The summed E-state index contributed by atoms with van der Waals surface area (Å²) in [5.74, 6) is -0.490. The molecule has 1 aliphatic rings. The van der Waals surface area contributed by atoms with Crippen LogP contribution in [0.4, 0.5) is 0 Å². The molecule has 3 rings (SSSR count). The van der Waals surface area contributed by atoms with Gasteiger partial charge in [-0.05, 0) is 37.5 Å². The Kier molecular flexibility index (Phi) is 4.69. The van der Waals surface area contributed by atoms with Crippen molar-refractivity contribution in [1.82, 2.24) is 14.9 Å². The predicted octanol–water partition coefficient (Wildman–Crippen LogP) is 2.35. The molecule has 1 N–H and O–H groups in total. The molecular formula is C17H17N3O4. The number of ether oxygens (including phenoxy) is 1. The summed E-state index contributed by atoms with van der Waals surface area (Å²) in [6.07, 6.45) is 6.63. The Hall–Kier alpha value is -2.96. The van der Waals surface area contributed by atoms with Crippen LogP contribution in [0.1, 0.15) is 29.6 Å². The molecule has 7 nitrogen and oxygen atoms in total. The van der Waals surface area contributed by atoms with E-state index in [4.69, 9.17) is 4.74 Å². The van der Waals surface area contributed by atoms with Gasteiger partial charge < -0.3 is 14.7 Å². The van der Waals surface area contributed by atoms with Crippen LogP contribution in [0.3, 0.4) is 0 Å². The molecule has 2 aromatic rings. The van der Waals surface area contributed by atoms with E-state index in [0.717, 1.165) is 12.8 Å². The van der Waals surface area contributed by atoms with Crippen molar-refractivity contribution in [3.8, 4) is 11.6 Å². The molecule has 7 heteroatoms. The summed E-state index contributed by atoms with van der Waals surface area (Å²) in [5, 5.41) is 9.32. The molecule has 1 fully saturated rings. The second kappa shape index (κ2) is 7.08. The molecule has 1 aliphatic heterocycles. The SMILES string of the molecule is O=C(O)C1CCCCN1C(=O)c1cccc(Oc2cnccn2)c1. The molecule has 0 aliphatic carbocycles. The van der Waals surface area contributed by atoms with Gasteiger partial charge in [0.15, 0.2) is 0 Å². The maximum absolute atomic E-state index is 12.7. The molecule has 0 saturated carbocycles. The summed E-state index contributed by atoms with van der Waals surface area (Å²) >= 11 is 0. The Bertz CT molecular complexity index is 736. The summed E-state index contributed by atoms with van der Waals surface area (Å²) in [4.78, 5) is 33.4. The molecule has 1 aromatic carbocycles. The number of likely N-dealkylation sites (tertiary alicyclic amines) is 1. The summed E-state index contributed by atoms with van der Waals surface area (Å²) in [6, 6.07) is 5.87. The number of carboxylic acids is 1. The molecule has 0 radical (unpaired) electrons. The maximum Gasteiger partial charge on any atom is 0.326 e. The zero-order chi connectivity index (χ0) is 16.9. The Labute approximate surface area is 138 Å². The van der Waals surface area contributed by atoms with Crippen LogP contribution in [0.5, 0.6) is 11.6 Å². The summed E-state index contributed by atoms with van der Waals surface area (Å²) in [6.45, 7) is 0.449. The van der Waals surface area contributed by atoms with E-state index in [2.05, 4.69) is 9.97 Å². The Morgan fingerprint density at radius 2 is 2.12 bits per heavy atom. The van der Waals surface area contributed by atoms with E-state index in [0.29, 0.717) is 30.2 Å². The van der Waals surface area contributed by atoms with Gasteiger partial charge in [0.05, 0.1) is 6.20 Å². The van der Waals surface area contributed by atoms with Crippen molar-refractivity contribution in [2.75, 3.05) is 6.54 Å². The van der Waals surface area contributed by atoms with Gasteiger partial charge in [0.1, 0.15) is 11.8 Å². The highest BCUT2D eigenvalue weighted by molar-refractivity contribution is 5.97. The molecule has 0 spiro atoms. The monoisotopic (exact) mass is 327 g/mol. The number of aliphatic carboxylic acids is 1. The number of hydrogen-bond donors (Lipinski definition) is 1. The molecule has 24 heavy (non-hydrogen) atoms. The van der Waals surface area contributed by atoms with Crippen molar-refractivity contribution >= 4 is 11.9 Å². The van der Waals surface area contributed by atoms with E-state index >= 15 is 0 Å². The minimum Gasteiger partial charge on any atom is -0.480 e. The zero-order valence-electron chi connectivity index (χ0n) is 13.0. The fourth-order valence-electron chi connectivity index (χ4n) is 2.75. The minimum atomic E-state index is -0.963. The molecular weight excluding hydrogens is 310 g/mol. The fraction of sp³-hybridized carbons (Fsp3) is 0.294. The Balaban J connectivity index is 1.80. The van der Waals surface area contributed by atoms with Crippen LogP contribution in [0.2, 0.25) is 0 Å². The van der Waals surface area contributed by atoms with Crippen LogP contribution in [-0.2, 0) is 4.79 Å². The fourth-order valence-corrected chi connectivity index (χ4v) is 2.75. The minimum absolute atomic E-state index is 0.299. The van der Waals surface area contributed by atoms with Crippen LogP contribution in [0.15, 0.2) is 42.9 Å². The van der Waals surface area contributed by atoms with Crippen molar-refractivity contribution in [3.63, 3.8) is 0 Å². The maximum atomic E-state index is 12.7. The van der Waals surface area contributed by atoms with Crippen molar-refractivity contribution in [2.24, 2.45) is 0 Å². The number of carbonyl (C=O) groups excluding carboxylic acids is 1. The van der Waals surface area contributed by atoms with Crippen LogP contribution in [-0.4, -0.2) is 44.4 Å². The number of nitrogens with zero attached hydrogens (tertiary/aromatic N) is 3. The predicted molar refractivity (Wildman–Crippen MR) is 84.9 cm³/mol. The topological polar surface area (TPSA) is 92.6 Å². The number of benzene rings is 1. The Morgan fingerprint density at radius 1 is 1.25 bits per heavy atom. The first-order chi connectivity index (χ1) is 11.6. The van der Waals surface area contributed by atoms with Crippen LogP contribution < -0.4 is 4.74 Å². The summed E-state index contributed by atoms with van der Waals surface area (Å²) in [7, 11) is 0. The van der Waals surface area contributed by atoms with E-state index in [-0.39, 0.29) is 5.91 Å². The largest absolute Gasteiger partial charge is 0.480 e. The lowest BCUT2D eigenvalue weighted by Gasteiger charge is -2.33. The van der Waals surface area contributed by atoms with Gasteiger partial charge in [0.2, 0.25) is 5.88 Å². The van der Waals surface area contributed by atoms with E-state index in [9.17, 15) is 14.7 Å².